The van der Waals surface area contributed by atoms with Crippen molar-refractivity contribution in [1.82, 2.24) is 4.31 Å². The summed E-state index contributed by atoms with van der Waals surface area (Å²) in [5, 5.41) is 0. The molecule has 16 heteroatoms. The Morgan fingerprint density at radius 2 is 1.23 bits per heavy atom. The maximum atomic E-state index is 14.0. The SMILES string of the molecule is O=P(Cc1ccc(CN(Cc2ccc(C(F)(F)P(=O)(O)O)cc2)S(=O)(=O)CCc2ccccc2)cc1)(OF)OF. The van der Waals surface area contributed by atoms with Gasteiger partial charge in [-0.2, -0.15) is 13.1 Å². The number of rotatable bonds is 14. The van der Waals surface area contributed by atoms with E-state index in [0.29, 0.717) is 5.56 Å². The average Bonchev–Trinajstić information content (AvgIpc) is 2.93. The van der Waals surface area contributed by atoms with Crippen LogP contribution in [0.1, 0.15) is 27.8 Å². The highest BCUT2D eigenvalue weighted by Crippen LogP contribution is 2.59. The zero-order chi connectivity index (χ0) is 29.6. The number of halogens is 4. The Bertz CT molecular complexity index is 1460. The van der Waals surface area contributed by atoms with Crippen LogP contribution in [-0.4, -0.2) is 28.3 Å². The van der Waals surface area contributed by atoms with E-state index in [1.807, 2.05) is 0 Å². The fourth-order valence-electron chi connectivity index (χ4n) is 3.69. The molecule has 0 fully saturated rings. The topological polar surface area (TPSA) is 130 Å². The van der Waals surface area contributed by atoms with Crippen molar-refractivity contribution in [2.24, 2.45) is 0 Å². The highest BCUT2D eigenvalue weighted by atomic mass is 32.2. The second kappa shape index (κ2) is 13.1. The molecule has 0 aliphatic heterocycles. The van der Waals surface area contributed by atoms with Crippen LogP contribution in [-0.2, 0) is 59.9 Å². The van der Waals surface area contributed by atoms with E-state index in [1.165, 1.54) is 24.3 Å². The number of alkyl halides is 2. The van der Waals surface area contributed by atoms with Crippen LogP contribution in [0.5, 0.6) is 0 Å². The van der Waals surface area contributed by atoms with Crippen LogP contribution in [0.25, 0.3) is 0 Å². The molecule has 0 saturated carbocycles. The highest BCUT2D eigenvalue weighted by molar-refractivity contribution is 7.89. The molecule has 0 heterocycles. The Morgan fingerprint density at radius 1 is 0.750 bits per heavy atom. The summed E-state index contributed by atoms with van der Waals surface area (Å²) >= 11 is 0. The Labute approximate surface area is 227 Å². The van der Waals surface area contributed by atoms with E-state index in [2.05, 4.69) is 9.46 Å². The molecule has 0 aromatic heterocycles. The Hall–Kier alpha value is -2.41. The number of sulfonamides is 1. The van der Waals surface area contributed by atoms with Crippen molar-refractivity contribution in [1.29, 1.82) is 0 Å². The molecule has 0 radical (unpaired) electrons. The summed E-state index contributed by atoms with van der Waals surface area (Å²) in [5.74, 6) is -0.283. The van der Waals surface area contributed by atoms with E-state index >= 15 is 0 Å². The van der Waals surface area contributed by atoms with Crippen LogP contribution in [0.3, 0.4) is 0 Å². The predicted octanol–water partition coefficient (Wildman–Crippen LogP) is 5.98. The highest BCUT2D eigenvalue weighted by Gasteiger charge is 2.50. The molecule has 0 atom stereocenters. The lowest BCUT2D eigenvalue weighted by molar-refractivity contribution is -0.0881. The molecule has 0 bridgehead atoms. The molecule has 0 aliphatic carbocycles. The second-order valence-corrected chi connectivity index (χ2v) is 14.4. The lowest BCUT2D eigenvalue weighted by Gasteiger charge is -2.23. The van der Waals surface area contributed by atoms with Crippen LogP contribution in [0.15, 0.2) is 78.9 Å². The second-order valence-electron chi connectivity index (χ2n) is 8.83. The Morgan fingerprint density at radius 3 is 1.70 bits per heavy atom. The first-order valence-corrected chi connectivity index (χ1v) is 16.5. The summed E-state index contributed by atoms with van der Waals surface area (Å²) in [6, 6.07) is 18.4. The third-order valence-electron chi connectivity index (χ3n) is 5.88. The molecule has 0 saturated heterocycles. The smallest absolute Gasteiger partial charge is 0.320 e. The van der Waals surface area contributed by atoms with E-state index in [0.717, 1.165) is 34.1 Å². The van der Waals surface area contributed by atoms with Crippen LogP contribution in [0.2, 0.25) is 0 Å². The zero-order valence-electron chi connectivity index (χ0n) is 20.6. The van der Waals surface area contributed by atoms with Crippen LogP contribution < -0.4 is 0 Å². The van der Waals surface area contributed by atoms with Crippen LogP contribution in [0, 0.1) is 0 Å². The average molecular weight is 625 g/mol. The molecule has 0 amide bonds. The first kappa shape index (κ1) is 32.1. The Kier molecular flexibility index (Phi) is 10.5. The van der Waals surface area contributed by atoms with E-state index in [1.54, 1.807) is 30.3 Å². The van der Waals surface area contributed by atoms with Gasteiger partial charge in [0.15, 0.2) is 0 Å². The number of hydrogen-bond acceptors (Lipinski definition) is 6. The van der Waals surface area contributed by atoms with Crippen molar-refractivity contribution in [2.45, 2.75) is 31.3 Å². The van der Waals surface area contributed by atoms with E-state index in [-0.39, 0.29) is 36.4 Å². The predicted molar refractivity (Wildman–Crippen MR) is 138 cm³/mol. The van der Waals surface area contributed by atoms with Crippen molar-refractivity contribution in [3.8, 4) is 0 Å². The van der Waals surface area contributed by atoms with Gasteiger partial charge < -0.3 is 9.79 Å². The monoisotopic (exact) mass is 625 g/mol. The van der Waals surface area contributed by atoms with Gasteiger partial charge in [-0.05, 0) is 37.7 Å². The number of aryl methyl sites for hydroxylation is 1. The lowest BCUT2D eigenvalue weighted by atomic mass is 10.1. The molecule has 40 heavy (non-hydrogen) atoms. The van der Waals surface area contributed by atoms with Crippen LogP contribution in [0.4, 0.5) is 17.8 Å². The van der Waals surface area contributed by atoms with Gasteiger partial charge in [0.25, 0.3) is 0 Å². The summed E-state index contributed by atoms with van der Waals surface area (Å²) in [5.41, 5.74) is -3.68. The maximum Gasteiger partial charge on any atom is 0.399 e. The van der Waals surface area contributed by atoms with Gasteiger partial charge in [0.1, 0.15) is 0 Å². The quantitative estimate of drug-likeness (QED) is 0.165. The third kappa shape index (κ3) is 8.31. The molecular formula is C24H25F4NO8P2S. The molecule has 0 aliphatic rings. The van der Waals surface area contributed by atoms with Gasteiger partial charge in [0.05, 0.1) is 11.9 Å². The minimum atomic E-state index is -5.78. The number of nitrogens with zero attached hydrogens (tertiary/aromatic N) is 1. The summed E-state index contributed by atoms with van der Waals surface area (Å²) in [4.78, 5) is 17.9. The van der Waals surface area contributed by atoms with E-state index in [9.17, 15) is 35.4 Å². The Balaban J connectivity index is 1.85. The summed E-state index contributed by atoms with van der Waals surface area (Å²) in [6.07, 6.45) is -0.529. The fraction of sp³-hybridized carbons (Fsp3) is 0.250. The number of benzene rings is 3. The van der Waals surface area contributed by atoms with Crippen molar-refractivity contribution in [3.63, 3.8) is 0 Å². The third-order valence-corrected chi connectivity index (χ3v) is 9.81. The number of hydrogen-bond donors (Lipinski definition) is 2. The van der Waals surface area contributed by atoms with Crippen LogP contribution >= 0.6 is 15.2 Å². The van der Waals surface area contributed by atoms with Crippen molar-refractivity contribution in [3.05, 3.63) is 107 Å². The summed E-state index contributed by atoms with van der Waals surface area (Å²) in [7, 11) is -14.4. The standard InChI is InChI=1S/C24H25F4NO8P2S/c25-24(26,39(31,32)33)23-12-10-21(11-13-23)17-29(40(34,35)15-14-19-4-2-1-3-5-19)16-20-6-8-22(9-7-20)18-38(30,36-27)37-28/h1-13H,14-18H2,(H2,31,32,33). The van der Waals surface area contributed by atoms with Gasteiger partial charge in [-0.15, -0.1) is 9.46 Å². The van der Waals surface area contributed by atoms with Gasteiger partial charge >= 0.3 is 20.9 Å². The molecule has 3 rings (SSSR count). The normalized spacial score (nSPS) is 13.1. The molecule has 0 spiro atoms. The van der Waals surface area contributed by atoms with Gasteiger partial charge in [-0.1, -0.05) is 78.9 Å². The van der Waals surface area contributed by atoms with Crippen molar-refractivity contribution in [2.75, 3.05) is 5.75 Å². The summed E-state index contributed by atoms with van der Waals surface area (Å²) in [6.45, 7) is -0.449. The molecule has 3 aromatic carbocycles. The molecule has 218 valence electrons. The van der Waals surface area contributed by atoms with Gasteiger partial charge in [0.2, 0.25) is 10.0 Å². The molecule has 0 unspecified atom stereocenters. The molecule has 2 N–H and O–H groups in total. The summed E-state index contributed by atoms with van der Waals surface area (Å²) < 4.78 is 110. The van der Waals surface area contributed by atoms with Gasteiger partial charge in [-0.25, -0.2) is 8.42 Å². The van der Waals surface area contributed by atoms with Crippen molar-refractivity contribution < 1.29 is 54.6 Å². The fourth-order valence-corrected chi connectivity index (χ4v) is 6.40. The maximum absolute atomic E-state index is 14.0. The van der Waals surface area contributed by atoms with Crippen molar-refractivity contribution >= 4 is 25.2 Å². The largest absolute Gasteiger partial charge is 0.399 e. The first-order chi connectivity index (χ1) is 18.7. The minimum absolute atomic E-state index is 0.183. The molecule has 3 aromatic rings. The van der Waals surface area contributed by atoms with Gasteiger partial charge in [-0.3, -0.25) is 9.13 Å². The zero-order valence-corrected chi connectivity index (χ0v) is 23.3. The first-order valence-electron chi connectivity index (χ1n) is 11.5. The van der Waals surface area contributed by atoms with E-state index < -0.39 is 42.6 Å². The van der Waals surface area contributed by atoms with Gasteiger partial charge in [0, 0.05) is 18.7 Å². The lowest BCUT2D eigenvalue weighted by Crippen LogP contribution is -2.33. The van der Waals surface area contributed by atoms with E-state index in [4.69, 9.17) is 9.79 Å². The molecular weight excluding hydrogens is 600 g/mol. The molecule has 9 nitrogen and oxygen atoms in total. The minimum Gasteiger partial charge on any atom is -0.320 e.